The molecule has 3 nitrogen and oxygen atoms in total. The number of halogens is 1. The number of piperidine rings is 1. The van der Waals surface area contributed by atoms with E-state index in [1.807, 2.05) is 6.07 Å². The fraction of sp³-hybridized carbons (Fsp3) is 0.583. The van der Waals surface area contributed by atoms with E-state index < -0.39 is 0 Å². The highest BCUT2D eigenvalue weighted by molar-refractivity contribution is 6.30. The maximum atomic E-state index is 9.79. The second-order valence-corrected chi connectivity index (χ2v) is 4.97. The van der Waals surface area contributed by atoms with Gasteiger partial charge in [-0.05, 0) is 31.0 Å². The number of rotatable bonds is 2. The van der Waals surface area contributed by atoms with Crippen molar-refractivity contribution >= 4 is 11.6 Å². The van der Waals surface area contributed by atoms with Gasteiger partial charge in [-0.3, -0.25) is 9.88 Å². The Morgan fingerprint density at radius 2 is 2.44 bits per heavy atom. The van der Waals surface area contributed by atoms with Crippen LogP contribution in [0.2, 0.25) is 5.02 Å². The Bertz CT molecular complexity index is 359. The molecule has 1 aliphatic rings. The number of nitrogens with zero attached hydrogens (tertiary/aromatic N) is 2. The summed E-state index contributed by atoms with van der Waals surface area (Å²) in [6, 6.07) is 3.66. The molecule has 1 aromatic rings. The van der Waals surface area contributed by atoms with Crippen LogP contribution in [0.15, 0.2) is 18.3 Å². The molecule has 0 bridgehead atoms. The molecule has 1 aromatic heterocycles. The summed E-state index contributed by atoms with van der Waals surface area (Å²) in [5.41, 5.74) is 0.967. The van der Waals surface area contributed by atoms with Gasteiger partial charge in [0.2, 0.25) is 0 Å². The van der Waals surface area contributed by atoms with Crippen LogP contribution in [0.4, 0.5) is 0 Å². The zero-order chi connectivity index (χ0) is 11.5. The topological polar surface area (TPSA) is 36.4 Å². The smallest absolute Gasteiger partial charge is 0.0693 e. The lowest BCUT2D eigenvalue weighted by Gasteiger charge is -2.33. The molecule has 2 atom stereocenters. The van der Waals surface area contributed by atoms with Gasteiger partial charge in [0.25, 0.3) is 0 Å². The van der Waals surface area contributed by atoms with Crippen molar-refractivity contribution in [1.29, 1.82) is 0 Å². The molecule has 2 heterocycles. The summed E-state index contributed by atoms with van der Waals surface area (Å²) < 4.78 is 0. The zero-order valence-corrected chi connectivity index (χ0v) is 10.2. The van der Waals surface area contributed by atoms with E-state index in [9.17, 15) is 5.11 Å². The Morgan fingerprint density at radius 3 is 3.12 bits per heavy atom. The summed E-state index contributed by atoms with van der Waals surface area (Å²) >= 11 is 5.91. The van der Waals surface area contributed by atoms with E-state index in [1.54, 1.807) is 12.3 Å². The fourth-order valence-corrected chi connectivity index (χ4v) is 2.20. The minimum Gasteiger partial charge on any atom is -0.392 e. The number of aliphatic hydroxyl groups is 1. The van der Waals surface area contributed by atoms with E-state index in [2.05, 4.69) is 16.8 Å². The SMILES string of the molecule is CC1CCN(Cc2cc(Cl)ccn2)CC1O. The first kappa shape index (κ1) is 11.8. The third kappa shape index (κ3) is 2.94. The molecule has 0 aliphatic carbocycles. The first-order valence-electron chi connectivity index (χ1n) is 5.66. The minimum atomic E-state index is -0.215. The number of aliphatic hydroxyl groups excluding tert-OH is 1. The van der Waals surface area contributed by atoms with Gasteiger partial charge in [0.15, 0.2) is 0 Å². The van der Waals surface area contributed by atoms with E-state index in [0.717, 1.165) is 36.8 Å². The van der Waals surface area contributed by atoms with Gasteiger partial charge in [0.1, 0.15) is 0 Å². The molecule has 1 fully saturated rings. The molecule has 0 spiro atoms. The lowest BCUT2D eigenvalue weighted by molar-refractivity contribution is 0.0254. The Labute approximate surface area is 101 Å². The van der Waals surface area contributed by atoms with Crippen LogP contribution in [0.1, 0.15) is 19.0 Å². The summed E-state index contributed by atoms with van der Waals surface area (Å²) in [6.45, 7) is 4.62. The average molecular weight is 241 g/mol. The van der Waals surface area contributed by atoms with Crippen molar-refractivity contribution in [2.24, 2.45) is 5.92 Å². The largest absolute Gasteiger partial charge is 0.392 e. The van der Waals surface area contributed by atoms with Crippen LogP contribution in [-0.2, 0) is 6.54 Å². The Kier molecular flexibility index (Phi) is 3.79. The van der Waals surface area contributed by atoms with E-state index in [1.165, 1.54) is 0 Å². The van der Waals surface area contributed by atoms with E-state index in [-0.39, 0.29) is 6.10 Å². The van der Waals surface area contributed by atoms with Crippen LogP contribution >= 0.6 is 11.6 Å². The van der Waals surface area contributed by atoms with Crippen LogP contribution < -0.4 is 0 Å². The quantitative estimate of drug-likeness (QED) is 0.858. The molecular formula is C12H17ClN2O. The Balaban J connectivity index is 1.95. The highest BCUT2D eigenvalue weighted by Crippen LogP contribution is 2.19. The highest BCUT2D eigenvalue weighted by atomic mass is 35.5. The van der Waals surface area contributed by atoms with Crippen LogP contribution in [0.5, 0.6) is 0 Å². The molecule has 0 amide bonds. The number of likely N-dealkylation sites (tertiary alicyclic amines) is 1. The summed E-state index contributed by atoms with van der Waals surface area (Å²) in [4.78, 5) is 6.50. The third-order valence-electron chi connectivity index (χ3n) is 3.17. The predicted octanol–water partition coefficient (Wildman–Crippen LogP) is 1.94. The molecule has 4 heteroatoms. The van der Waals surface area contributed by atoms with Gasteiger partial charge in [-0.15, -0.1) is 0 Å². The minimum absolute atomic E-state index is 0.215. The maximum Gasteiger partial charge on any atom is 0.0693 e. The highest BCUT2D eigenvalue weighted by Gasteiger charge is 2.24. The van der Waals surface area contributed by atoms with Crippen molar-refractivity contribution in [3.8, 4) is 0 Å². The molecule has 1 saturated heterocycles. The molecule has 0 radical (unpaired) electrons. The zero-order valence-electron chi connectivity index (χ0n) is 9.43. The predicted molar refractivity (Wildman–Crippen MR) is 64.3 cm³/mol. The molecular weight excluding hydrogens is 224 g/mol. The summed E-state index contributed by atoms with van der Waals surface area (Å²) in [7, 11) is 0. The van der Waals surface area contributed by atoms with Gasteiger partial charge in [0.05, 0.1) is 11.8 Å². The molecule has 1 aliphatic heterocycles. The van der Waals surface area contributed by atoms with E-state index in [0.29, 0.717) is 5.92 Å². The summed E-state index contributed by atoms with van der Waals surface area (Å²) in [5.74, 6) is 0.406. The van der Waals surface area contributed by atoms with Crippen molar-refractivity contribution in [2.75, 3.05) is 13.1 Å². The standard InChI is InChI=1S/C12H17ClN2O/c1-9-3-5-15(8-12(9)16)7-11-6-10(13)2-4-14-11/h2,4,6,9,12,16H,3,5,7-8H2,1H3. The number of hydrogen-bond donors (Lipinski definition) is 1. The van der Waals surface area contributed by atoms with Crippen molar-refractivity contribution in [2.45, 2.75) is 26.0 Å². The van der Waals surface area contributed by atoms with Crippen molar-refractivity contribution in [3.63, 3.8) is 0 Å². The van der Waals surface area contributed by atoms with Crippen LogP contribution in [-0.4, -0.2) is 34.2 Å². The number of β-amino-alcohol motifs (C(OH)–C–C–N with tert-alkyl or cyclic N) is 1. The van der Waals surface area contributed by atoms with Gasteiger partial charge < -0.3 is 5.11 Å². The Hall–Kier alpha value is -0.640. The third-order valence-corrected chi connectivity index (χ3v) is 3.40. The number of pyridine rings is 1. The number of aromatic nitrogens is 1. The van der Waals surface area contributed by atoms with Crippen LogP contribution in [0, 0.1) is 5.92 Å². The fourth-order valence-electron chi connectivity index (χ4n) is 2.02. The first-order valence-corrected chi connectivity index (χ1v) is 6.04. The summed E-state index contributed by atoms with van der Waals surface area (Å²) in [6.07, 6.45) is 2.55. The Morgan fingerprint density at radius 1 is 1.62 bits per heavy atom. The molecule has 0 saturated carbocycles. The van der Waals surface area contributed by atoms with Gasteiger partial charge in [-0.25, -0.2) is 0 Å². The monoisotopic (exact) mass is 240 g/mol. The first-order chi connectivity index (χ1) is 7.65. The molecule has 0 aromatic carbocycles. The molecule has 2 unspecified atom stereocenters. The second-order valence-electron chi connectivity index (χ2n) is 4.53. The van der Waals surface area contributed by atoms with Crippen molar-refractivity contribution in [1.82, 2.24) is 9.88 Å². The lowest BCUT2D eigenvalue weighted by atomic mass is 9.96. The van der Waals surface area contributed by atoms with Gasteiger partial charge in [0, 0.05) is 24.3 Å². The average Bonchev–Trinajstić information content (AvgIpc) is 2.24. The van der Waals surface area contributed by atoms with Crippen molar-refractivity contribution in [3.05, 3.63) is 29.0 Å². The van der Waals surface area contributed by atoms with Crippen molar-refractivity contribution < 1.29 is 5.11 Å². The van der Waals surface area contributed by atoms with Gasteiger partial charge >= 0.3 is 0 Å². The van der Waals surface area contributed by atoms with E-state index >= 15 is 0 Å². The molecule has 88 valence electrons. The second kappa shape index (κ2) is 5.13. The number of hydrogen-bond acceptors (Lipinski definition) is 3. The van der Waals surface area contributed by atoms with Gasteiger partial charge in [-0.2, -0.15) is 0 Å². The van der Waals surface area contributed by atoms with Crippen LogP contribution in [0.3, 0.4) is 0 Å². The van der Waals surface area contributed by atoms with Crippen LogP contribution in [0.25, 0.3) is 0 Å². The maximum absolute atomic E-state index is 9.79. The normalized spacial score (nSPS) is 26.9. The summed E-state index contributed by atoms with van der Waals surface area (Å²) in [5, 5.41) is 10.5. The molecule has 2 rings (SSSR count). The molecule has 1 N–H and O–H groups in total. The van der Waals surface area contributed by atoms with E-state index in [4.69, 9.17) is 11.6 Å². The lowest BCUT2D eigenvalue weighted by Crippen LogP contribution is -2.42. The van der Waals surface area contributed by atoms with Gasteiger partial charge in [-0.1, -0.05) is 18.5 Å². The molecule has 16 heavy (non-hydrogen) atoms.